The smallest absolute Gasteiger partial charge is 0.160 e. The van der Waals surface area contributed by atoms with E-state index in [1.807, 2.05) is 12.3 Å². The monoisotopic (exact) mass is 306 g/mol. The average molecular weight is 306 g/mol. The molecule has 118 valence electrons. The number of benzene rings is 1. The third-order valence-electron chi connectivity index (χ3n) is 4.71. The van der Waals surface area contributed by atoms with E-state index in [2.05, 4.69) is 58.8 Å². The van der Waals surface area contributed by atoms with Crippen molar-refractivity contribution in [3.63, 3.8) is 0 Å². The molecule has 0 radical (unpaired) electrons. The van der Waals surface area contributed by atoms with Crippen LogP contribution >= 0.6 is 0 Å². The number of nitrogens with zero attached hydrogens (tertiary/aromatic N) is 4. The fourth-order valence-electron chi connectivity index (χ4n) is 3.58. The summed E-state index contributed by atoms with van der Waals surface area (Å²) in [6.45, 7) is 5.20. The zero-order valence-corrected chi connectivity index (χ0v) is 13.7. The molecule has 0 amide bonds. The van der Waals surface area contributed by atoms with Crippen molar-refractivity contribution in [2.75, 3.05) is 20.1 Å². The molecule has 1 atom stereocenters. The Morgan fingerprint density at radius 3 is 2.91 bits per heavy atom. The summed E-state index contributed by atoms with van der Waals surface area (Å²) in [6.07, 6.45) is 3.04. The minimum Gasteiger partial charge on any atom is -0.308 e. The lowest BCUT2D eigenvalue weighted by Crippen LogP contribution is -2.16. The largest absolute Gasteiger partial charge is 0.308 e. The van der Waals surface area contributed by atoms with E-state index in [-0.39, 0.29) is 0 Å². The summed E-state index contributed by atoms with van der Waals surface area (Å²) in [4.78, 5) is 11.9. The highest BCUT2D eigenvalue weighted by molar-refractivity contribution is 5.71. The van der Waals surface area contributed by atoms with Gasteiger partial charge in [-0.15, -0.1) is 0 Å². The molecule has 23 heavy (non-hydrogen) atoms. The number of aromatic nitrogens is 3. The van der Waals surface area contributed by atoms with E-state index in [0.29, 0.717) is 5.92 Å². The molecule has 0 bridgehead atoms. The number of pyridine rings is 1. The van der Waals surface area contributed by atoms with Gasteiger partial charge in [-0.2, -0.15) is 0 Å². The zero-order chi connectivity index (χ0) is 15.8. The lowest BCUT2D eigenvalue weighted by molar-refractivity contribution is 0.408. The number of rotatable bonds is 3. The number of hydrogen-bond donors (Lipinski definition) is 0. The molecule has 4 nitrogen and oxygen atoms in total. The summed E-state index contributed by atoms with van der Waals surface area (Å²) in [5, 5.41) is 0. The minimum absolute atomic E-state index is 0.499. The van der Waals surface area contributed by atoms with Crippen LogP contribution in [-0.2, 0) is 6.54 Å². The first kappa shape index (κ1) is 14.4. The van der Waals surface area contributed by atoms with E-state index >= 15 is 0 Å². The lowest BCUT2D eigenvalue weighted by Gasteiger charge is -2.14. The van der Waals surface area contributed by atoms with Crippen LogP contribution in [0.4, 0.5) is 0 Å². The van der Waals surface area contributed by atoms with Crippen LogP contribution in [0.5, 0.6) is 0 Å². The quantitative estimate of drug-likeness (QED) is 0.745. The summed E-state index contributed by atoms with van der Waals surface area (Å²) in [6, 6.07) is 12.7. The van der Waals surface area contributed by atoms with Crippen molar-refractivity contribution >= 4 is 11.2 Å². The Morgan fingerprint density at radius 2 is 2.13 bits per heavy atom. The summed E-state index contributed by atoms with van der Waals surface area (Å²) in [7, 11) is 2.19. The van der Waals surface area contributed by atoms with E-state index < -0.39 is 0 Å². The molecule has 0 saturated carbocycles. The fraction of sp³-hybridized carbons (Fsp3) is 0.368. The van der Waals surface area contributed by atoms with Crippen LogP contribution in [0.2, 0.25) is 0 Å². The van der Waals surface area contributed by atoms with Crippen molar-refractivity contribution in [3.05, 3.63) is 59.5 Å². The molecular weight excluding hydrogens is 284 g/mol. The molecule has 0 N–H and O–H groups in total. The van der Waals surface area contributed by atoms with Crippen LogP contribution in [0, 0.1) is 6.92 Å². The van der Waals surface area contributed by atoms with Gasteiger partial charge in [0, 0.05) is 18.7 Å². The Balaban J connectivity index is 1.79. The number of imidazole rings is 1. The second-order valence-electron chi connectivity index (χ2n) is 6.64. The number of likely N-dealkylation sites (N-methyl/N-ethyl adjacent to an activating group) is 1. The second-order valence-corrected chi connectivity index (χ2v) is 6.64. The highest BCUT2D eigenvalue weighted by Gasteiger charge is 2.26. The number of aryl methyl sites for hydroxylation is 1. The van der Waals surface area contributed by atoms with E-state index in [4.69, 9.17) is 4.98 Å². The van der Waals surface area contributed by atoms with Gasteiger partial charge in [0.25, 0.3) is 0 Å². The van der Waals surface area contributed by atoms with Crippen molar-refractivity contribution < 1.29 is 0 Å². The van der Waals surface area contributed by atoms with E-state index in [1.54, 1.807) is 0 Å². The van der Waals surface area contributed by atoms with Crippen LogP contribution in [0.25, 0.3) is 11.2 Å². The second kappa shape index (κ2) is 5.78. The Hall–Kier alpha value is -2.20. The highest BCUT2D eigenvalue weighted by Crippen LogP contribution is 2.28. The minimum atomic E-state index is 0.499. The Labute approximate surface area is 136 Å². The standard InChI is InChI=1S/C19H22N4/c1-14-5-3-6-15(11-14)12-23-18(16-8-10-22(2)13-16)21-17-7-4-9-20-19(17)23/h3-7,9,11,16H,8,10,12-13H2,1-2H3. The molecule has 1 fully saturated rings. The lowest BCUT2D eigenvalue weighted by atomic mass is 10.1. The third-order valence-corrected chi connectivity index (χ3v) is 4.71. The number of likely N-dealkylation sites (tertiary alicyclic amines) is 1. The molecule has 0 spiro atoms. The van der Waals surface area contributed by atoms with Gasteiger partial charge in [0.1, 0.15) is 11.3 Å². The van der Waals surface area contributed by atoms with E-state index in [1.165, 1.54) is 23.4 Å². The highest BCUT2D eigenvalue weighted by atomic mass is 15.2. The van der Waals surface area contributed by atoms with Gasteiger partial charge in [-0.3, -0.25) is 0 Å². The first-order valence-corrected chi connectivity index (χ1v) is 8.26. The molecule has 1 aromatic carbocycles. The van der Waals surface area contributed by atoms with Crippen LogP contribution in [0.15, 0.2) is 42.6 Å². The zero-order valence-electron chi connectivity index (χ0n) is 13.7. The normalized spacial score (nSPS) is 18.8. The molecule has 4 heteroatoms. The van der Waals surface area contributed by atoms with Crippen molar-refractivity contribution in [3.8, 4) is 0 Å². The van der Waals surface area contributed by atoms with Gasteiger partial charge in [0.2, 0.25) is 0 Å². The molecule has 4 rings (SSSR count). The van der Waals surface area contributed by atoms with Gasteiger partial charge >= 0.3 is 0 Å². The SMILES string of the molecule is Cc1cccc(Cn2c(C3CCN(C)C3)nc3cccnc32)c1. The number of fused-ring (bicyclic) bond motifs is 1. The summed E-state index contributed by atoms with van der Waals surface area (Å²) >= 11 is 0. The van der Waals surface area contributed by atoms with Crippen molar-refractivity contribution in [1.29, 1.82) is 0 Å². The maximum atomic E-state index is 4.92. The molecule has 1 unspecified atom stereocenters. The van der Waals surface area contributed by atoms with E-state index in [9.17, 15) is 0 Å². The summed E-state index contributed by atoms with van der Waals surface area (Å²) < 4.78 is 2.31. The van der Waals surface area contributed by atoms with Gasteiger partial charge in [-0.05, 0) is 44.6 Å². The first-order chi connectivity index (χ1) is 11.2. The van der Waals surface area contributed by atoms with Gasteiger partial charge in [0.05, 0.1) is 6.54 Å². The van der Waals surface area contributed by atoms with Gasteiger partial charge in [0.15, 0.2) is 5.65 Å². The Bertz CT molecular complexity index is 836. The topological polar surface area (TPSA) is 34.0 Å². The third kappa shape index (κ3) is 2.75. The average Bonchev–Trinajstić information content (AvgIpc) is 3.12. The molecule has 1 aliphatic rings. The predicted molar refractivity (Wildman–Crippen MR) is 92.7 cm³/mol. The van der Waals surface area contributed by atoms with Gasteiger partial charge in [-0.25, -0.2) is 9.97 Å². The molecule has 0 aliphatic carbocycles. The van der Waals surface area contributed by atoms with Crippen LogP contribution in [0.3, 0.4) is 0 Å². The Kier molecular flexibility index (Phi) is 3.62. The van der Waals surface area contributed by atoms with Crippen molar-refractivity contribution in [2.24, 2.45) is 0 Å². The molecular formula is C19H22N4. The summed E-state index contributed by atoms with van der Waals surface area (Å²) in [5.74, 6) is 1.68. The maximum absolute atomic E-state index is 4.92. The Morgan fingerprint density at radius 1 is 1.22 bits per heavy atom. The van der Waals surface area contributed by atoms with Gasteiger partial charge < -0.3 is 9.47 Å². The number of hydrogen-bond acceptors (Lipinski definition) is 3. The fourth-order valence-corrected chi connectivity index (χ4v) is 3.58. The molecule has 3 aromatic rings. The first-order valence-electron chi connectivity index (χ1n) is 8.26. The van der Waals surface area contributed by atoms with E-state index in [0.717, 1.165) is 30.8 Å². The molecule has 1 aliphatic heterocycles. The van der Waals surface area contributed by atoms with Crippen LogP contribution in [0.1, 0.15) is 29.3 Å². The maximum Gasteiger partial charge on any atom is 0.160 e. The molecule has 2 aromatic heterocycles. The van der Waals surface area contributed by atoms with Crippen molar-refractivity contribution in [2.45, 2.75) is 25.8 Å². The summed E-state index contributed by atoms with van der Waals surface area (Å²) in [5.41, 5.74) is 4.60. The van der Waals surface area contributed by atoms with Crippen LogP contribution in [-0.4, -0.2) is 39.6 Å². The predicted octanol–water partition coefficient (Wildman–Crippen LogP) is 3.21. The van der Waals surface area contributed by atoms with Crippen molar-refractivity contribution in [1.82, 2.24) is 19.4 Å². The van der Waals surface area contributed by atoms with Crippen LogP contribution < -0.4 is 0 Å². The molecule has 3 heterocycles. The molecule has 1 saturated heterocycles. The van der Waals surface area contributed by atoms with Gasteiger partial charge in [-0.1, -0.05) is 29.8 Å².